The molecule has 198 valence electrons. The van der Waals surface area contributed by atoms with E-state index in [2.05, 4.69) is 5.32 Å². The molecule has 1 atom stereocenters. The van der Waals surface area contributed by atoms with Gasteiger partial charge in [-0.15, -0.1) is 0 Å². The minimum Gasteiger partial charge on any atom is -0.326 e. The fraction of sp³-hybridized carbons (Fsp3) is 0.310. The number of benzene rings is 3. The number of likely N-dealkylation sites (N-methyl/N-ethyl adjacent to an activating group) is 2. The predicted octanol–water partition coefficient (Wildman–Crippen LogP) is 5.28. The van der Waals surface area contributed by atoms with Crippen LogP contribution in [0.3, 0.4) is 0 Å². The Bertz CT molecular complexity index is 1380. The van der Waals surface area contributed by atoms with Gasteiger partial charge in [0.1, 0.15) is 6.07 Å². The van der Waals surface area contributed by atoms with E-state index in [1.807, 2.05) is 67.3 Å². The highest BCUT2D eigenvalue weighted by Crippen LogP contribution is 2.29. The number of anilines is 2. The molecule has 0 aliphatic carbocycles. The van der Waals surface area contributed by atoms with E-state index in [0.29, 0.717) is 24.2 Å². The summed E-state index contributed by atoms with van der Waals surface area (Å²) in [6.07, 6.45) is 0.453. The summed E-state index contributed by atoms with van der Waals surface area (Å²) in [6, 6.07) is 18.2. The average molecular weight is 534 g/mol. The highest BCUT2D eigenvalue weighted by molar-refractivity contribution is 6.33. The minimum absolute atomic E-state index is 0.0581. The molecule has 9 heteroatoms. The fourth-order valence-electron chi connectivity index (χ4n) is 4.45. The van der Waals surface area contributed by atoms with Gasteiger partial charge >= 0.3 is 6.03 Å². The van der Waals surface area contributed by atoms with Gasteiger partial charge in [-0.05, 0) is 49.0 Å². The zero-order chi connectivity index (χ0) is 28.0. The second kappa shape index (κ2) is 12.5. The maximum atomic E-state index is 13.2. The van der Waals surface area contributed by atoms with E-state index in [-0.39, 0.29) is 35.1 Å². The van der Waals surface area contributed by atoms with Crippen LogP contribution in [0.25, 0.3) is 10.8 Å². The molecular formula is C29H32ClN5O3. The maximum absolute atomic E-state index is 13.2. The molecule has 0 aliphatic heterocycles. The smallest absolute Gasteiger partial charge is 0.321 e. The first-order valence-electron chi connectivity index (χ1n) is 12.3. The van der Waals surface area contributed by atoms with Gasteiger partial charge < -0.3 is 10.2 Å². The third-order valence-electron chi connectivity index (χ3n) is 6.67. The van der Waals surface area contributed by atoms with Crippen molar-refractivity contribution in [2.75, 3.05) is 37.4 Å². The van der Waals surface area contributed by atoms with E-state index in [9.17, 15) is 19.6 Å². The zero-order valence-corrected chi connectivity index (χ0v) is 23.0. The molecule has 0 saturated heterocycles. The standard InChI is InChI=1S/C29H32ClN5O3/c1-19(2)26(16-34(5)29(38)32-24-12-8-10-21-9-6-7-11-23(21)24)33(4)17-27(37)35(18-36)25-14-13-22(15-31)28(30)20(25)3/h6-14,18-19,26H,16-17H2,1-5H3,(H,32,38). The van der Waals surface area contributed by atoms with Crippen LogP contribution in [-0.4, -0.2) is 61.4 Å². The largest absolute Gasteiger partial charge is 0.326 e. The Hall–Kier alpha value is -3.93. The maximum Gasteiger partial charge on any atom is 0.321 e. The summed E-state index contributed by atoms with van der Waals surface area (Å²) in [6.45, 7) is 6.00. The number of nitriles is 1. The Balaban J connectivity index is 1.71. The van der Waals surface area contributed by atoms with Crippen molar-refractivity contribution in [2.24, 2.45) is 5.92 Å². The molecule has 0 aliphatic rings. The quantitative estimate of drug-likeness (QED) is 0.377. The van der Waals surface area contributed by atoms with E-state index < -0.39 is 5.91 Å². The lowest BCUT2D eigenvalue weighted by Crippen LogP contribution is -2.50. The number of halogens is 1. The van der Waals surface area contributed by atoms with Gasteiger partial charge in [0.05, 0.1) is 28.5 Å². The number of nitrogens with one attached hydrogen (secondary N) is 1. The van der Waals surface area contributed by atoms with Crippen LogP contribution in [0.15, 0.2) is 54.6 Å². The van der Waals surface area contributed by atoms with Gasteiger partial charge in [-0.25, -0.2) is 4.79 Å². The topological polar surface area (TPSA) is 96.8 Å². The molecule has 0 saturated carbocycles. The van der Waals surface area contributed by atoms with Crippen LogP contribution >= 0.6 is 11.6 Å². The first-order valence-corrected chi connectivity index (χ1v) is 12.6. The molecule has 3 aromatic rings. The number of carbonyl (C=O) groups excluding carboxylic acids is 3. The molecule has 0 heterocycles. The van der Waals surface area contributed by atoms with Crippen molar-refractivity contribution in [3.8, 4) is 6.07 Å². The highest BCUT2D eigenvalue weighted by Gasteiger charge is 2.27. The molecule has 0 spiro atoms. The van der Waals surface area contributed by atoms with E-state index in [0.717, 1.165) is 21.4 Å². The summed E-state index contributed by atoms with van der Waals surface area (Å²) in [5.41, 5.74) is 1.80. The van der Waals surface area contributed by atoms with Crippen LogP contribution in [-0.2, 0) is 9.59 Å². The fourth-order valence-corrected chi connectivity index (χ4v) is 4.65. The average Bonchev–Trinajstić information content (AvgIpc) is 2.89. The van der Waals surface area contributed by atoms with Crippen molar-refractivity contribution in [3.05, 3.63) is 70.7 Å². The summed E-state index contributed by atoms with van der Waals surface area (Å²) in [5, 5.41) is 14.4. The van der Waals surface area contributed by atoms with Crippen molar-refractivity contribution < 1.29 is 14.4 Å². The van der Waals surface area contributed by atoms with Gasteiger partial charge in [0, 0.05) is 25.0 Å². The summed E-state index contributed by atoms with van der Waals surface area (Å²) in [7, 11) is 3.51. The van der Waals surface area contributed by atoms with Crippen molar-refractivity contribution >= 4 is 52.1 Å². The van der Waals surface area contributed by atoms with Crippen molar-refractivity contribution in [2.45, 2.75) is 26.8 Å². The Labute approximate surface area is 228 Å². The Morgan fingerprint density at radius 3 is 2.42 bits per heavy atom. The predicted molar refractivity (Wildman–Crippen MR) is 151 cm³/mol. The van der Waals surface area contributed by atoms with Crippen molar-refractivity contribution in [3.63, 3.8) is 0 Å². The van der Waals surface area contributed by atoms with Crippen molar-refractivity contribution in [1.29, 1.82) is 5.26 Å². The summed E-state index contributed by atoms with van der Waals surface area (Å²) >= 11 is 6.25. The molecule has 3 aromatic carbocycles. The number of carbonyl (C=O) groups is 3. The first kappa shape index (κ1) is 28.6. The summed E-state index contributed by atoms with van der Waals surface area (Å²) in [4.78, 5) is 42.6. The van der Waals surface area contributed by atoms with E-state index in [4.69, 9.17) is 11.6 Å². The number of hydrogen-bond acceptors (Lipinski definition) is 5. The number of nitrogens with zero attached hydrogens (tertiary/aromatic N) is 4. The normalized spacial score (nSPS) is 11.8. The van der Waals surface area contributed by atoms with E-state index in [1.54, 1.807) is 25.9 Å². The summed E-state index contributed by atoms with van der Waals surface area (Å²) < 4.78 is 0. The lowest BCUT2D eigenvalue weighted by Gasteiger charge is -2.34. The molecular weight excluding hydrogens is 502 g/mol. The van der Waals surface area contributed by atoms with Crippen LogP contribution in [0.4, 0.5) is 16.2 Å². The molecule has 0 aromatic heterocycles. The number of imide groups is 1. The number of fused-ring (bicyclic) bond motifs is 1. The number of urea groups is 1. The molecule has 4 amide bonds. The number of amides is 4. The molecule has 0 radical (unpaired) electrons. The molecule has 38 heavy (non-hydrogen) atoms. The second-order valence-corrected chi connectivity index (χ2v) is 9.99. The highest BCUT2D eigenvalue weighted by atomic mass is 35.5. The van der Waals surface area contributed by atoms with E-state index in [1.165, 1.54) is 12.1 Å². The SMILES string of the molecule is Cc1c(N(C=O)C(=O)CN(C)C(CN(C)C(=O)Nc2cccc3ccccc23)C(C)C)ccc(C#N)c1Cl. The van der Waals surface area contributed by atoms with Crippen molar-refractivity contribution in [1.82, 2.24) is 9.80 Å². The molecule has 1 unspecified atom stereocenters. The molecule has 0 bridgehead atoms. The van der Waals surface area contributed by atoms with Crippen LogP contribution in [0.5, 0.6) is 0 Å². The lowest BCUT2D eigenvalue weighted by molar-refractivity contribution is -0.123. The first-order chi connectivity index (χ1) is 18.1. The van der Waals surface area contributed by atoms with Gasteiger partial charge in [0.25, 0.3) is 0 Å². The van der Waals surface area contributed by atoms with Gasteiger partial charge in [-0.3, -0.25) is 19.4 Å². The van der Waals surface area contributed by atoms with Gasteiger partial charge in [0.15, 0.2) is 0 Å². The zero-order valence-electron chi connectivity index (χ0n) is 22.2. The number of hydrogen-bond donors (Lipinski definition) is 1. The second-order valence-electron chi connectivity index (χ2n) is 9.62. The monoisotopic (exact) mass is 533 g/mol. The molecule has 1 N–H and O–H groups in total. The lowest BCUT2D eigenvalue weighted by atomic mass is 10.0. The van der Waals surface area contributed by atoms with Gasteiger partial charge in [-0.1, -0.05) is 61.8 Å². The third kappa shape index (κ3) is 6.31. The van der Waals surface area contributed by atoms with Gasteiger partial charge in [-0.2, -0.15) is 5.26 Å². The Morgan fingerprint density at radius 2 is 1.76 bits per heavy atom. The minimum atomic E-state index is -0.445. The van der Waals surface area contributed by atoms with Crippen LogP contribution in [0, 0.1) is 24.2 Å². The molecule has 8 nitrogen and oxygen atoms in total. The van der Waals surface area contributed by atoms with E-state index >= 15 is 0 Å². The van der Waals surface area contributed by atoms with Crippen LogP contribution < -0.4 is 10.2 Å². The molecule has 0 fully saturated rings. The Morgan fingerprint density at radius 1 is 1.08 bits per heavy atom. The van der Waals surface area contributed by atoms with Crippen LogP contribution in [0.2, 0.25) is 5.02 Å². The summed E-state index contributed by atoms with van der Waals surface area (Å²) in [5.74, 6) is -0.337. The molecule has 3 rings (SSSR count). The van der Waals surface area contributed by atoms with Gasteiger partial charge in [0.2, 0.25) is 12.3 Å². The van der Waals surface area contributed by atoms with Crippen LogP contribution in [0.1, 0.15) is 25.0 Å². The number of rotatable bonds is 9. The third-order valence-corrected chi connectivity index (χ3v) is 7.16. The Kier molecular flexibility index (Phi) is 9.45.